The second-order valence-corrected chi connectivity index (χ2v) is 8.33. The van der Waals surface area contributed by atoms with Gasteiger partial charge in [-0.25, -0.2) is 4.98 Å². The minimum atomic E-state index is -0.135. The zero-order valence-corrected chi connectivity index (χ0v) is 17.7. The Balaban J connectivity index is 1.41. The number of carbonyl (C=O) groups is 2. The van der Waals surface area contributed by atoms with Crippen LogP contribution in [0.4, 0.5) is 5.69 Å². The first kappa shape index (κ1) is 20.4. The molecule has 2 heterocycles. The minimum Gasteiger partial charge on any atom is -0.356 e. The summed E-state index contributed by atoms with van der Waals surface area (Å²) < 4.78 is 0. The van der Waals surface area contributed by atoms with Crippen LogP contribution in [0.5, 0.6) is 0 Å². The maximum atomic E-state index is 13.2. The first-order valence-electron chi connectivity index (χ1n) is 9.67. The smallest absolute Gasteiger partial charge is 0.261 e. The standard InChI is InChI=1S/C23H20ClN3O2S/c24-17-9-7-16(8-10-17)11-14-25-21(28)12-15-27-19-5-1-2-6-20(19)30-22-18(23(27)29)4-3-13-26-22/h1-10,13H,11-12,14-15H2,(H,25,28). The molecule has 0 spiro atoms. The number of nitrogens with zero attached hydrogens (tertiary/aromatic N) is 2. The maximum Gasteiger partial charge on any atom is 0.261 e. The van der Waals surface area contributed by atoms with E-state index in [4.69, 9.17) is 11.6 Å². The summed E-state index contributed by atoms with van der Waals surface area (Å²) in [5.41, 5.74) is 2.47. The van der Waals surface area contributed by atoms with Crippen molar-refractivity contribution in [1.82, 2.24) is 10.3 Å². The fourth-order valence-electron chi connectivity index (χ4n) is 3.28. The van der Waals surface area contributed by atoms with Gasteiger partial charge >= 0.3 is 0 Å². The summed E-state index contributed by atoms with van der Waals surface area (Å²) >= 11 is 7.37. The van der Waals surface area contributed by atoms with Crippen LogP contribution in [0.1, 0.15) is 22.3 Å². The van der Waals surface area contributed by atoms with Crippen molar-refractivity contribution in [1.29, 1.82) is 0 Å². The summed E-state index contributed by atoms with van der Waals surface area (Å²) in [5, 5.41) is 4.31. The molecule has 0 atom stereocenters. The van der Waals surface area contributed by atoms with Gasteiger partial charge in [-0.3, -0.25) is 9.59 Å². The van der Waals surface area contributed by atoms with E-state index in [1.807, 2.05) is 48.5 Å². The topological polar surface area (TPSA) is 62.3 Å². The Kier molecular flexibility index (Phi) is 6.35. The molecule has 1 aliphatic rings. The summed E-state index contributed by atoms with van der Waals surface area (Å²) in [6.45, 7) is 0.838. The van der Waals surface area contributed by atoms with Crippen molar-refractivity contribution >= 4 is 40.9 Å². The van der Waals surface area contributed by atoms with E-state index in [2.05, 4.69) is 10.3 Å². The molecule has 0 unspecified atom stereocenters. The summed E-state index contributed by atoms with van der Waals surface area (Å²) in [5.74, 6) is -0.220. The van der Waals surface area contributed by atoms with Gasteiger partial charge in [0.05, 0.1) is 11.3 Å². The number of nitrogens with one attached hydrogen (secondary N) is 1. The van der Waals surface area contributed by atoms with Gasteiger partial charge in [0.2, 0.25) is 5.91 Å². The number of fused-ring (bicyclic) bond motifs is 2. The molecular weight excluding hydrogens is 418 g/mol. The minimum absolute atomic E-state index is 0.0856. The van der Waals surface area contributed by atoms with Crippen LogP contribution in [0.2, 0.25) is 5.02 Å². The predicted molar refractivity (Wildman–Crippen MR) is 119 cm³/mol. The predicted octanol–water partition coefficient (Wildman–Crippen LogP) is 4.60. The average Bonchev–Trinajstić information content (AvgIpc) is 2.88. The van der Waals surface area contributed by atoms with E-state index in [1.54, 1.807) is 23.2 Å². The van der Waals surface area contributed by atoms with Gasteiger partial charge in [0.25, 0.3) is 5.91 Å². The van der Waals surface area contributed by atoms with E-state index in [0.717, 1.165) is 22.6 Å². The monoisotopic (exact) mass is 437 g/mol. The van der Waals surface area contributed by atoms with Crippen molar-refractivity contribution in [3.05, 3.63) is 83.0 Å². The molecule has 0 bridgehead atoms. The second-order valence-electron chi connectivity index (χ2n) is 6.86. The number of para-hydroxylation sites is 1. The van der Waals surface area contributed by atoms with Crippen LogP contribution in [-0.2, 0) is 11.2 Å². The third kappa shape index (κ3) is 4.66. The summed E-state index contributed by atoms with van der Waals surface area (Å²) in [4.78, 5) is 32.5. The Bertz CT molecular complexity index is 1070. The molecular formula is C23H20ClN3O2S. The number of carbonyl (C=O) groups excluding carboxylic acids is 2. The molecule has 4 rings (SSSR count). The number of hydrogen-bond acceptors (Lipinski definition) is 4. The van der Waals surface area contributed by atoms with Gasteiger partial charge in [-0.2, -0.15) is 0 Å². The molecule has 1 aromatic heterocycles. The lowest BCUT2D eigenvalue weighted by Gasteiger charge is -2.22. The van der Waals surface area contributed by atoms with Gasteiger partial charge in [0, 0.05) is 35.6 Å². The average molecular weight is 438 g/mol. The number of benzene rings is 2. The Morgan fingerprint density at radius 2 is 1.87 bits per heavy atom. The molecule has 0 saturated carbocycles. The fraction of sp³-hybridized carbons (Fsp3) is 0.174. The molecule has 0 fully saturated rings. The third-order valence-corrected chi connectivity index (χ3v) is 6.16. The first-order valence-corrected chi connectivity index (χ1v) is 10.9. The largest absolute Gasteiger partial charge is 0.356 e. The Labute approximate surface area is 184 Å². The van der Waals surface area contributed by atoms with Crippen molar-refractivity contribution in [2.45, 2.75) is 22.8 Å². The maximum absolute atomic E-state index is 13.2. The highest BCUT2D eigenvalue weighted by atomic mass is 35.5. The Morgan fingerprint density at radius 3 is 2.70 bits per heavy atom. The normalized spacial score (nSPS) is 12.7. The first-order chi connectivity index (χ1) is 14.6. The summed E-state index contributed by atoms with van der Waals surface area (Å²) in [7, 11) is 0. The van der Waals surface area contributed by atoms with Crippen LogP contribution in [0.25, 0.3) is 0 Å². The lowest BCUT2D eigenvalue weighted by Crippen LogP contribution is -2.35. The molecule has 5 nitrogen and oxygen atoms in total. The van der Waals surface area contributed by atoms with Gasteiger partial charge in [-0.1, -0.05) is 47.6 Å². The second kappa shape index (κ2) is 9.32. The van der Waals surface area contributed by atoms with Crippen LogP contribution >= 0.6 is 23.4 Å². The molecule has 30 heavy (non-hydrogen) atoms. The number of anilines is 1. The summed E-state index contributed by atoms with van der Waals surface area (Å²) in [6, 6.07) is 18.8. The Hall–Kier alpha value is -2.83. The lowest BCUT2D eigenvalue weighted by atomic mass is 10.1. The molecule has 1 aliphatic heterocycles. The molecule has 0 radical (unpaired) electrons. The number of hydrogen-bond donors (Lipinski definition) is 1. The fourth-order valence-corrected chi connectivity index (χ4v) is 4.42. The van der Waals surface area contributed by atoms with Gasteiger partial charge in [0.1, 0.15) is 5.03 Å². The van der Waals surface area contributed by atoms with Crippen LogP contribution in [-0.4, -0.2) is 29.9 Å². The molecule has 7 heteroatoms. The van der Waals surface area contributed by atoms with E-state index < -0.39 is 0 Å². The highest BCUT2D eigenvalue weighted by molar-refractivity contribution is 7.99. The van der Waals surface area contributed by atoms with Crippen LogP contribution in [0.3, 0.4) is 0 Å². The van der Waals surface area contributed by atoms with Crippen molar-refractivity contribution in [3.8, 4) is 0 Å². The zero-order valence-electron chi connectivity index (χ0n) is 16.2. The zero-order chi connectivity index (χ0) is 20.9. The molecule has 0 aliphatic carbocycles. The molecule has 2 aromatic carbocycles. The van der Waals surface area contributed by atoms with E-state index in [9.17, 15) is 9.59 Å². The van der Waals surface area contributed by atoms with Crippen molar-refractivity contribution < 1.29 is 9.59 Å². The van der Waals surface area contributed by atoms with Gasteiger partial charge in [-0.05, 0) is 48.4 Å². The van der Waals surface area contributed by atoms with Crippen LogP contribution in [0, 0.1) is 0 Å². The number of halogens is 1. The lowest BCUT2D eigenvalue weighted by molar-refractivity contribution is -0.120. The van der Waals surface area contributed by atoms with Crippen molar-refractivity contribution in [2.75, 3.05) is 18.0 Å². The highest BCUT2D eigenvalue weighted by Gasteiger charge is 2.27. The van der Waals surface area contributed by atoms with Gasteiger partial charge in [-0.15, -0.1) is 0 Å². The van der Waals surface area contributed by atoms with Gasteiger partial charge in [0.15, 0.2) is 0 Å². The van der Waals surface area contributed by atoms with E-state index in [-0.39, 0.29) is 18.2 Å². The summed E-state index contributed by atoms with van der Waals surface area (Å²) in [6.07, 6.45) is 2.64. The van der Waals surface area contributed by atoms with E-state index in [1.165, 1.54) is 11.8 Å². The van der Waals surface area contributed by atoms with E-state index >= 15 is 0 Å². The molecule has 3 aromatic rings. The van der Waals surface area contributed by atoms with Crippen molar-refractivity contribution in [3.63, 3.8) is 0 Å². The highest BCUT2D eigenvalue weighted by Crippen LogP contribution is 2.40. The van der Waals surface area contributed by atoms with Gasteiger partial charge < -0.3 is 10.2 Å². The number of aromatic nitrogens is 1. The van der Waals surface area contributed by atoms with Crippen LogP contribution in [0.15, 0.2) is 76.8 Å². The van der Waals surface area contributed by atoms with Crippen molar-refractivity contribution in [2.24, 2.45) is 0 Å². The third-order valence-electron chi connectivity index (χ3n) is 4.82. The number of amides is 2. The SMILES string of the molecule is O=C(CCN1C(=O)c2cccnc2Sc2ccccc21)NCCc1ccc(Cl)cc1. The molecule has 1 N–H and O–H groups in total. The Morgan fingerprint density at radius 1 is 1.07 bits per heavy atom. The quantitative estimate of drug-likeness (QED) is 0.612. The molecule has 2 amide bonds. The van der Waals surface area contributed by atoms with E-state index in [0.29, 0.717) is 28.7 Å². The van der Waals surface area contributed by atoms with Crippen LogP contribution < -0.4 is 10.2 Å². The number of pyridine rings is 1. The molecule has 0 saturated heterocycles. The molecule has 152 valence electrons. The number of rotatable bonds is 6.